The van der Waals surface area contributed by atoms with Gasteiger partial charge in [-0.3, -0.25) is 4.99 Å². The molecule has 0 aromatic rings. The zero-order valence-electron chi connectivity index (χ0n) is 6.63. The Balaban J connectivity index is 2.89. The molecule has 0 saturated heterocycles. The molecule has 0 unspecified atom stereocenters. The van der Waals surface area contributed by atoms with E-state index >= 15 is 0 Å². The average Bonchev–Trinajstić information content (AvgIpc) is 2.17. The third kappa shape index (κ3) is 2.52. The first-order valence-corrected chi connectivity index (χ1v) is 4.20. The van der Waals surface area contributed by atoms with E-state index < -0.39 is 0 Å². The molecule has 0 bridgehead atoms. The lowest BCUT2D eigenvalue weighted by atomic mass is 10.2. The van der Waals surface area contributed by atoms with Crippen molar-refractivity contribution < 1.29 is 0 Å². The lowest BCUT2D eigenvalue weighted by molar-refractivity contribution is 0.903. The van der Waals surface area contributed by atoms with Crippen molar-refractivity contribution in [3.8, 4) is 6.07 Å². The fraction of sp³-hybridized carbons (Fsp3) is 0.333. The maximum absolute atomic E-state index is 8.65. The summed E-state index contributed by atoms with van der Waals surface area (Å²) in [7, 11) is 0. The number of halogens is 1. The minimum atomic E-state index is 0.440. The Kier molecular flexibility index (Phi) is 3.56. The van der Waals surface area contributed by atoms with Gasteiger partial charge in [0.2, 0.25) is 0 Å². The van der Waals surface area contributed by atoms with Crippen molar-refractivity contribution >= 4 is 17.8 Å². The first-order valence-electron chi connectivity index (χ1n) is 3.82. The van der Waals surface area contributed by atoms with Gasteiger partial charge in [-0.15, -0.1) is 0 Å². The maximum Gasteiger partial charge on any atom is 0.102 e. The van der Waals surface area contributed by atoms with Crippen LogP contribution >= 0.6 is 11.6 Å². The molecule has 1 aliphatic heterocycles. The van der Waals surface area contributed by atoms with Crippen molar-refractivity contribution in [1.29, 1.82) is 5.26 Å². The van der Waals surface area contributed by atoms with Gasteiger partial charge in [0.25, 0.3) is 0 Å². The van der Waals surface area contributed by atoms with E-state index in [4.69, 9.17) is 16.9 Å². The van der Waals surface area contributed by atoms with Gasteiger partial charge in [-0.1, -0.05) is 17.7 Å². The third-order valence-corrected chi connectivity index (χ3v) is 1.91. The molecule has 0 amide bonds. The molecule has 0 saturated carbocycles. The number of nitriles is 1. The Labute approximate surface area is 76.9 Å². The van der Waals surface area contributed by atoms with Crippen LogP contribution in [-0.4, -0.2) is 6.21 Å². The van der Waals surface area contributed by atoms with Crippen LogP contribution in [0, 0.1) is 11.3 Å². The molecule has 1 aliphatic rings. The molecule has 0 aromatic heterocycles. The number of hydrogen-bond donors (Lipinski definition) is 0. The molecule has 0 atom stereocenters. The molecule has 2 nitrogen and oxygen atoms in total. The van der Waals surface area contributed by atoms with E-state index in [1.54, 1.807) is 6.21 Å². The first kappa shape index (κ1) is 9.02. The Bertz CT molecular complexity index is 281. The van der Waals surface area contributed by atoms with Crippen LogP contribution in [0.2, 0.25) is 0 Å². The second kappa shape index (κ2) is 4.74. The highest BCUT2D eigenvalue weighted by Crippen LogP contribution is 2.16. The van der Waals surface area contributed by atoms with Gasteiger partial charge >= 0.3 is 0 Å². The lowest BCUT2D eigenvalue weighted by Gasteiger charge is -1.92. The number of allylic oxidation sites excluding steroid dienone is 3. The monoisotopic (exact) mass is 180 g/mol. The van der Waals surface area contributed by atoms with Crippen molar-refractivity contribution in [1.82, 2.24) is 0 Å². The van der Waals surface area contributed by atoms with Crippen LogP contribution in [0.5, 0.6) is 0 Å². The van der Waals surface area contributed by atoms with Crippen LogP contribution in [-0.2, 0) is 0 Å². The fourth-order valence-electron chi connectivity index (χ4n) is 0.894. The zero-order chi connectivity index (χ0) is 8.81. The smallest absolute Gasteiger partial charge is 0.102 e. The largest absolute Gasteiger partial charge is 0.268 e. The van der Waals surface area contributed by atoms with E-state index in [1.807, 2.05) is 12.1 Å². The molecule has 0 radical (unpaired) electrons. The predicted octanol–water partition coefficient (Wildman–Crippen LogP) is 2.77. The molecule has 12 heavy (non-hydrogen) atoms. The van der Waals surface area contributed by atoms with E-state index in [0.29, 0.717) is 10.6 Å². The molecule has 0 aromatic carbocycles. The number of nitrogens with zero attached hydrogens (tertiary/aromatic N) is 2. The summed E-state index contributed by atoms with van der Waals surface area (Å²) < 4.78 is 0. The summed E-state index contributed by atoms with van der Waals surface area (Å²) in [6.07, 6.45) is 8.06. The molecule has 0 aliphatic carbocycles. The van der Waals surface area contributed by atoms with Gasteiger partial charge < -0.3 is 0 Å². The minimum absolute atomic E-state index is 0.440. The quantitative estimate of drug-likeness (QED) is 0.565. The standard InChI is InChI=1S/C9H9ClN2/c10-9-4-2-1-3-5-12-7-8(9)6-11/h4-5,7H,1-3H2. The summed E-state index contributed by atoms with van der Waals surface area (Å²) in [5, 5.41) is 9.16. The Morgan fingerprint density at radius 1 is 1.50 bits per heavy atom. The van der Waals surface area contributed by atoms with Crippen molar-refractivity contribution in [2.24, 2.45) is 4.99 Å². The van der Waals surface area contributed by atoms with Gasteiger partial charge in [0, 0.05) is 12.4 Å². The third-order valence-electron chi connectivity index (χ3n) is 1.55. The number of rotatable bonds is 0. The highest BCUT2D eigenvalue weighted by atomic mass is 35.5. The van der Waals surface area contributed by atoms with Crippen LogP contribution in [0.4, 0.5) is 0 Å². The number of hydrogen-bond acceptors (Lipinski definition) is 2. The zero-order valence-corrected chi connectivity index (χ0v) is 7.38. The van der Waals surface area contributed by atoms with Crippen molar-refractivity contribution in [2.45, 2.75) is 19.3 Å². The summed E-state index contributed by atoms with van der Waals surface area (Å²) in [6.45, 7) is 0. The topological polar surface area (TPSA) is 36.1 Å². The normalized spacial score (nSPS) is 18.0. The highest BCUT2D eigenvalue weighted by Gasteiger charge is 2.00. The molecule has 62 valence electrons. The molecule has 0 spiro atoms. The highest BCUT2D eigenvalue weighted by molar-refractivity contribution is 6.32. The van der Waals surface area contributed by atoms with E-state index in [0.717, 1.165) is 19.3 Å². The first-order chi connectivity index (χ1) is 5.84. The molecule has 0 fully saturated rings. The summed E-state index contributed by atoms with van der Waals surface area (Å²) in [4.78, 5) is 3.96. The van der Waals surface area contributed by atoms with E-state index in [2.05, 4.69) is 4.99 Å². The van der Waals surface area contributed by atoms with E-state index in [1.165, 1.54) is 6.20 Å². The number of aliphatic imine (C=N–C) groups is 1. The van der Waals surface area contributed by atoms with Gasteiger partial charge in [-0.05, 0) is 19.3 Å². The van der Waals surface area contributed by atoms with Crippen LogP contribution < -0.4 is 0 Å². The SMILES string of the molecule is N#CC1=CN=CCCCC=C1Cl. The second-order valence-electron chi connectivity index (χ2n) is 2.47. The average molecular weight is 181 g/mol. The molecular weight excluding hydrogens is 172 g/mol. The summed E-state index contributed by atoms with van der Waals surface area (Å²) in [5.74, 6) is 0. The maximum atomic E-state index is 8.65. The minimum Gasteiger partial charge on any atom is -0.268 e. The molecule has 0 N–H and O–H groups in total. The van der Waals surface area contributed by atoms with Gasteiger partial charge in [0.05, 0.1) is 10.6 Å². The Morgan fingerprint density at radius 3 is 3.08 bits per heavy atom. The molecule has 1 heterocycles. The predicted molar refractivity (Wildman–Crippen MR) is 50.0 cm³/mol. The molecular formula is C9H9ClN2. The Hall–Kier alpha value is -1.07. The molecule has 1 rings (SSSR count). The van der Waals surface area contributed by atoms with Gasteiger partial charge in [-0.2, -0.15) is 5.26 Å². The van der Waals surface area contributed by atoms with Crippen LogP contribution in [0.3, 0.4) is 0 Å². The Morgan fingerprint density at radius 2 is 2.33 bits per heavy atom. The fourth-order valence-corrected chi connectivity index (χ4v) is 1.09. The lowest BCUT2D eigenvalue weighted by Crippen LogP contribution is -1.77. The van der Waals surface area contributed by atoms with E-state index in [-0.39, 0.29) is 0 Å². The van der Waals surface area contributed by atoms with Crippen LogP contribution in [0.25, 0.3) is 0 Å². The second-order valence-corrected chi connectivity index (χ2v) is 2.88. The van der Waals surface area contributed by atoms with E-state index in [9.17, 15) is 0 Å². The van der Waals surface area contributed by atoms with Gasteiger partial charge in [-0.25, -0.2) is 0 Å². The van der Waals surface area contributed by atoms with Crippen molar-refractivity contribution in [3.05, 3.63) is 22.9 Å². The van der Waals surface area contributed by atoms with Gasteiger partial charge in [0.15, 0.2) is 0 Å². The summed E-state index contributed by atoms with van der Waals surface area (Å²) in [6, 6.07) is 2.00. The molecule has 3 heteroatoms. The van der Waals surface area contributed by atoms with Crippen molar-refractivity contribution in [2.75, 3.05) is 0 Å². The summed E-state index contributed by atoms with van der Waals surface area (Å²) >= 11 is 5.83. The van der Waals surface area contributed by atoms with Crippen LogP contribution in [0.15, 0.2) is 27.9 Å². The van der Waals surface area contributed by atoms with Gasteiger partial charge in [0.1, 0.15) is 6.07 Å². The van der Waals surface area contributed by atoms with Crippen LogP contribution in [0.1, 0.15) is 19.3 Å². The van der Waals surface area contributed by atoms with Crippen molar-refractivity contribution in [3.63, 3.8) is 0 Å². The summed E-state index contributed by atoms with van der Waals surface area (Å²) in [5.41, 5.74) is 0.440.